The first-order valence-corrected chi connectivity index (χ1v) is 5.47. The van der Waals surface area contributed by atoms with Gasteiger partial charge in [-0.3, -0.25) is 4.57 Å². The number of imidazole rings is 1. The van der Waals surface area contributed by atoms with Gasteiger partial charge in [-0.25, -0.2) is 13.8 Å². The molecule has 2 nitrogen and oxygen atoms in total. The van der Waals surface area contributed by atoms with Gasteiger partial charge in [-0.2, -0.15) is 0 Å². The monoisotopic (exact) mass is 286 g/mol. The molecule has 0 atom stereocenters. The summed E-state index contributed by atoms with van der Waals surface area (Å²) in [5, 5.41) is 0. The summed E-state index contributed by atoms with van der Waals surface area (Å²) >= 11 is 3.30. The average molecular weight is 287 g/mol. The van der Waals surface area contributed by atoms with Crippen LogP contribution in [-0.4, -0.2) is 9.55 Å². The minimum absolute atomic E-state index is 0.0835. The molecule has 1 aromatic heterocycles. The fourth-order valence-corrected chi connectivity index (χ4v) is 1.81. The van der Waals surface area contributed by atoms with Gasteiger partial charge in [0, 0.05) is 10.2 Å². The molecule has 0 radical (unpaired) electrons. The van der Waals surface area contributed by atoms with E-state index in [1.165, 1.54) is 10.8 Å². The van der Waals surface area contributed by atoms with Gasteiger partial charge in [0.15, 0.2) is 0 Å². The topological polar surface area (TPSA) is 17.8 Å². The van der Waals surface area contributed by atoms with Crippen molar-refractivity contribution in [1.82, 2.24) is 9.55 Å². The number of aromatic nitrogens is 2. The molecule has 0 saturated carbocycles. The lowest BCUT2D eigenvalue weighted by Gasteiger charge is -2.09. The van der Waals surface area contributed by atoms with Gasteiger partial charge in [-0.15, -0.1) is 0 Å². The predicted octanol–water partition coefficient (Wildman–Crippen LogP) is 3.88. The van der Waals surface area contributed by atoms with E-state index in [-0.39, 0.29) is 5.69 Å². The normalized spacial score (nSPS) is 11.1. The Bertz CT molecular complexity index is 491. The molecule has 0 aliphatic heterocycles. The molecular formula is C11H9BrF2N2. The molecule has 1 aromatic carbocycles. The average Bonchev–Trinajstić information content (AvgIpc) is 2.62. The summed E-state index contributed by atoms with van der Waals surface area (Å²) in [4.78, 5) is 3.91. The van der Waals surface area contributed by atoms with Crippen LogP contribution in [0, 0.1) is 6.92 Å². The van der Waals surface area contributed by atoms with Crippen LogP contribution in [-0.2, 0) is 0 Å². The first-order valence-electron chi connectivity index (χ1n) is 4.68. The van der Waals surface area contributed by atoms with E-state index in [0.717, 1.165) is 4.47 Å². The van der Waals surface area contributed by atoms with Crippen LogP contribution in [0.1, 0.15) is 17.9 Å². The maximum absolute atomic E-state index is 12.7. The summed E-state index contributed by atoms with van der Waals surface area (Å²) in [7, 11) is 0. The molecular weight excluding hydrogens is 278 g/mol. The second kappa shape index (κ2) is 4.33. The van der Waals surface area contributed by atoms with Crippen molar-refractivity contribution in [2.75, 3.05) is 0 Å². The summed E-state index contributed by atoms with van der Waals surface area (Å²) in [6, 6.07) is 7.16. The van der Waals surface area contributed by atoms with Crippen LogP contribution >= 0.6 is 15.9 Å². The summed E-state index contributed by atoms with van der Waals surface area (Å²) in [6.07, 6.45) is -1.31. The quantitative estimate of drug-likeness (QED) is 0.819. The Kier molecular flexibility index (Phi) is 3.05. The number of benzene rings is 1. The summed E-state index contributed by atoms with van der Waals surface area (Å²) in [5.74, 6) is 0.553. The van der Waals surface area contributed by atoms with Crippen molar-refractivity contribution >= 4 is 15.9 Å². The summed E-state index contributed by atoms with van der Waals surface area (Å²) in [6.45, 7) is 1.70. The number of rotatable bonds is 2. The molecule has 5 heteroatoms. The van der Waals surface area contributed by atoms with Crippen LogP contribution in [0.5, 0.6) is 0 Å². The lowest BCUT2D eigenvalue weighted by Crippen LogP contribution is -2.02. The second-order valence-electron chi connectivity index (χ2n) is 3.34. The third kappa shape index (κ3) is 2.00. The highest BCUT2D eigenvalue weighted by Gasteiger charge is 2.16. The van der Waals surface area contributed by atoms with Crippen molar-refractivity contribution in [2.45, 2.75) is 13.3 Å². The fourth-order valence-electron chi connectivity index (χ4n) is 1.54. The number of halogens is 3. The highest BCUT2D eigenvalue weighted by Crippen LogP contribution is 2.24. The van der Waals surface area contributed by atoms with Crippen LogP contribution in [0.25, 0.3) is 5.69 Å². The van der Waals surface area contributed by atoms with Crippen molar-refractivity contribution in [3.63, 3.8) is 0 Å². The lowest BCUT2D eigenvalue weighted by molar-refractivity contribution is 0.144. The maximum Gasteiger partial charge on any atom is 0.280 e. The van der Waals surface area contributed by atoms with Crippen LogP contribution < -0.4 is 0 Å². The van der Waals surface area contributed by atoms with Gasteiger partial charge in [0.1, 0.15) is 11.5 Å². The van der Waals surface area contributed by atoms with Gasteiger partial charge >= 0.3 is 0 Å². The van der Waals surface area contributed by atoms with E-state index < -0.39 is 6.43 Å². The predicted molar refractivity (Wildman–Crippen MR) is 61.0 cm³/mol. The van der Waals surface area contributed by atoms with Gasteiger partial charge in [0.05, 0.1) is 6.20 Å². The minimum Gasteiger partial charge on any atom is -0.295 e. The smallest absolute Gasteiger partial charge is 0.280 e. The first kappa shape index (κ1) is 11.3. The van der Waals surface area contributed by atoms with Gasteiger partial charge in [0.2, 0.25) is 0 Å². The largest absolute Gasteiger partial charge is 0.295 e. The van der Waals surface area contributed by atoms with E-state index in [1.54, 1.807) is 19.1 Å². The van der Waals surface area contributed by atoms with Crippen molar-refractivity contribution in [3.8, 4) is 5.69 Å². The first-order chi connectivity index (χ1) is 7.59. The van der Waals surface area contributed by atoms with Gasteiger partial charge in [0.25, 0.3) is 6.43 Å². The van der Waals surface area contributed by atoms with Crippen molar-refractivity contribution in [2.24, 2.45) is 0 Å². The minimum atomic E-state index is -2.52. The molecule has 0 saturated heterocycles. The Morgan fingerprint density at radius 1 is 1.25 bits per heavy atom. The van der Waals surface area contributed by atoms with Crippen molar-refractivity contribution in [3.05, 3.63) is 46.5 Å². The third-order valence-corrected chi connectivity index (χ3v) is 2.80. The van der Waals surface area contributed by atoms with Gasteiger partial charge < -0.3 is 0 Å². The third-order valence-electron chi connectivity index (χ3n) is 2.27. The van der Waals surface area contributed by atoms with Crippen molar-refractivity contribution in [1.29, 1.82) is 0 Å². The molecule has 0 N–H and O–H groups in total. The van der Waals surface area contributed by atoms with E-state index in [0.29, 0.717) is 11.5 Å². The number of alkyl halides is 2. The number of nitrogens with zero attached hydrogens (tertiary/aromatic N) is 2. The summed E-state index contributed by atoms with van der Waals surface area (Å²) < 4.78 is 27.8. The number of aryl methyl sites for hydroxylation is 1. The van der Waals surface area contributed by atoms with E-state index in [2.05, 4.69) is 20.9 Å². The molecule has 0 aliphatic rings. The zero-order valence-electron chi connectivity index (χ0n) is 8.49. The van der Waals surface area contributed by atoms with E-state index >= 15 is 0 Å². The molecule has 0 spiro atoms. The highest BCUT2D eigenvalue weighted by atomic mass is 79.9. The fraction of sp³-hybridized carbons (Fsp3) is 0.182. The number of hydrogen-bond donors (Lipinski definition) is 0. The molecule has 0 aliphatic carbocycles. The Balaban J connectivity index is 2.54. The van der Waals surface area contributed by atoms with Crippen LogP contribution in [0.4, 0.5) is 8.78 Å². The molecule has 2 aromatic rings. The molecule has 84 valence electrons. The van der Waals surface area contributed by atoms with Crippen LogP contribution in [0.3, 0.4) is 0 Å². The van der Waals surface area contributed by atoms with Crippen molar-refractivity contribution < 1.29 is 8.78 Å². The Morgan fingerprint density at radius 2 is 1.88 bits per heavy atom. The molecule has 0 unspecified atom stereocenters. The Morgan fingerprint density at radius 3 is 2.44 bits per heavy atom. The number of hydrogen-bond acceptors (Lipinski definition) is 1. The Hall–Kier alpha value is -1.23. The van der Waals surface area contributed by atoms with E-state index in [1.807, 2.05) is 12.1 Å². The standard InChI is InChI=1S/C11H9BrF2N2/c1-7-15-6-10(11(13)14)16(7)9-4-2-8(12)3-5-9/h2-6,11H,1H3. The molecule has 2 rings (SSSR count). The molecule has 0 amide bonds. The van der Waals surface area contributed by atoms with Crippen LogP contribution in [0.2, 0.25) is 0 Å². The van der Waals surface area contributed by atoms with Crippen LogP contribution in [0.15, 0.2) is 34.9 Å². The molecule has 0 fully saturated rings. The van der Waals surface area contributed by atoms with E-state index in [9.17, 15) is 8.78 Å². The zero-order chi connectivity index (χ0) is 11.7. The molecule has 0 bridgehead atoms. The van der Waals surface area contributed by atoms with Gasteiger partial charge in [-0.05, 0) is 31.2 Å². The molecule has 16 heavy (non-hydrogen) atoms. The zero-order valence-corrected chi connectivity index (χ0v) is 10.1. The SMILES string of the molecule is Cc1ncc(C(F)F)n1-c1ccc(Br)cc1. The van der Waals surface area contributed by atoms with Gasteiger partial charge in [-0.1, -0.05) is 15.9 Å². The lowest BCUT2D eigenvalue weighted by atomic mass is 10.3. The van der Waals surface area contributed by atoms with E-state index in [4.69, 9.17) is 0 Å². The Labute approximate surface area is 100 Å². The summed E-state index contributed by atoms with van der Waals surface area (Å²) in [5.41, 5.74) is 0.605. The molecule has 1 heterocycles. The second-order valence-corrected chi connectivity index (χ2v) is 4.26. The highest BCUT2D eigenvalue weighted by molar-refractivity contribution is 9.10. The maximum atomic E-state index is 12.7.